The van der Waals surface area contributed by atoms with Gasteiger partial charge in [0.2, 0.25) is 15.2 Å². The molecule has 0 spiro atoms. The number of hydrogen-bond acceptors (Lipinski definition) is 6. The summed E-state index contributed by atoms with van der Waals surface area (Å²) in [5, 5.41) is 6.19. The van der Waals surface area contributed by atoms with Crippen LogP contribution < -0.4 is 5.01 Å². The first kappa shape index (κ1) is 29.8. The number of amides is 1. The van der Waals surface area contributed by atoms with Gasteiger partial charge < -0.3 is 0 Å². The van der Waals surface area contributed by atoms with E-state index >= 15 is 0 Å². The summed E-state index contributed by atoms with van der Waals surface area (Å²) in [6.45, 7) is 5.94. The van der Waals surface area contributed by atoms with E-state index in [2.05, 4.69) is 26.0 Å². The van der Waals surface area contributed by atoms with E-state index in [-0.39, 0.29) is 23.0 Å². The lowest BCUT2D eigenvalue weighted by atomic mass is 10.2. The lowest BCUT2D eigenvalue weighted by Gasteiger charge is -2.26. The highest BCUT2D eigenvalue weighted by Crippen LogP contribution is 2.32. The maximum atomic E-state index is 13.8. The van der Waals surface area contributed by atoms with Crippen LogP contribution in [0, 0.1) is 6.92 Å². The van der Waals surface area contributed by atoms with Gasteiger partial charge in [-0.2, -0.15) is 14.4 Å². The van der Waals surface area contributed by atoms with Crippen LogP contribution in [0.5, 0.6) is 0 Å². The minimum atomic E-state index is -3.82. The zero-order valence-electron chi connectivity index (χ0n) is 23.3. The summed E-state index contributed by atoms with van der Waals surface area (Å²) in [5.74, 6) is -0.426. The van der Waals surface area contributed by atoms with E-state index in [1.54, 1.807) is 6.21 Å². The number of sulfonamides is 1. The number of anilines is 1. The summed E-state index contributed by atoms with van der Waals surface area (Å²) in [6.07, 6.45) is 1.61. The third kappa shape index (κ3) is 6.68. The Balaban J connectivity index is 1.46. The van der Waals surface area contributed by atoms with Gasteiger partial charge in [0.05, 0.1) is 21.3 Å². The van der Waals surface area contributed by atoms with Gasteiger partial charge in [-0.3, -0.25) is 4.79 Å². The number of carbonyl (C=O) groups excluding carboxylic acids is 1. The number of fused-ring (bicyclic) bond motifs is 1. The minimum absolute atomic E-state index is 0.114. The van der Waals surface area contributed by atoms with Crippen molar-refractivity contribution in [2.45, 2.75) is 38.3 Å². The van der Waals surface area contributed by atoms with Crippen molar-refractivity contribution in [2.24, 2.45) is 5.10 Å². The van der Waals surface area contributed by atoms with Crippen molar-refractivity contribution in [1.29, 1.82) is 0 Å². The topological polar surface area (TPSA) is 82.9 Å². The summed E-state index contributed by atoms with van der Waals surface area (Å²) in [4.78, 5) is 18.6. The molecule has 0 unspecified atom stereocenters. The Kier molecular flexibility index (Phi) is 8.98. The number of hydrogen-bond donors (Lipinski definition) is 0. The molecule has 0 fully saturated rings. The van der Waals surface area contributed by atoms with Crippen molar-refractivity contribution in [2.75, 3.05) is 5.01 Å². The molecule has 5 rings (SSSR count). The molecule has 0 bridgehead atoms. The average Bonchev–Trinajstić information content (AvgIpc) is 3.40. The molecule has 1 aromatic heterocycles. The van der Waals surface area contributed by atoms with Crippen LogP contribution in [0.3, 0.4) is 0 Å². The summed E-state index contributed by atoms with van der Waals surface area (Å²) in [5.41, 5.74) is 3.87. The van der Waals surface area contributed by atoms with Crippen molar-refractivity contribution >= 4 is 64.8 Å². The maximum absolute atomic E-state index is 13.8. The molecule has 0 saturated heterocycles. The van der Waals surface area contributed by atoms with E-state index in [1.165, 1.54) is 44.9 Å². The highest BCUT2D eigenvalue weighted by molar-refractivity contribution is 9.10. The molecule has 0 saturated carbocycles. The van der Waals surface area contributed by atoms with E-state index in [9.17, 15) is 13.2 Å². The zero-order chi connectivity index (χ0) is 29.9. The highest BCUT2D eigenvalue weighted by Gasteiger charge is 2.28. The van der Waals surface area contributed by atoms with Crippen LogP contribution >= 0.6 is 27.3 Å². The highest BCUT2D eigenvalue weighted by atomic mass is 79.9. The number of aryl methyl sites for hydroxylation is 1. The molecule has 7 nitrogen and oxygen atoms in total. The summed E-state index contributed by atoms with van der Waals surface area (Å²) >= 11 is 4.83. The second-order valence-electron chi connectivity index (χ2n) is 10.0. The van der Waals surface area contributed by atoms with Crippen LogP contribution in [-0.2, 0) is 16.6 Å². The van der Waals surface area contributed by atoms with Crippen LogP contribution in [0.15, 0.2) is 112 Å². The number of nitrogens with zero attached hydrogens (tertiary/aromatic N) is 4. The van der Waals surface area contributed by atoms with E-state index in [4.69, 9.17) is 0 Å². The van der Waals surface area contributed by atoms with Crippen LogP contribution in [0.2, 0.25) is 0 Å². The molecular weight excluding hydrogens is 632 g/mol. The van der Waals surface area contributed by atoms with Gasteiger partial charge in [0.15, 0.2) is 0 Å². The van der Waals surface area contributed by atoms with Crippen LogP contribution in [0.4, 0.5) is 5.13 Å². The largest absolute Gasteiger partial charge is 0.280 e. The van der Waals surface area contributed by atoms with E-state index in [0.717, 1.165) is 31.4 Å². The molecule has 1 amide bonds. The number of thiazole rings is 1. The van der Waals surface area contributed by atoms with Crippen molar-refractivity contribution in [3.8, 4) is 0 Å². The fraction of sp³-hybridized carbons (Fsp3) is 0.156. The molecule has 0 N–H and O–H groups in total. The Bertz CT molecular complexity index is 1840. The predicted molar refractivity (Wildman–Crippen MR) is 174 cm³/mol. The molecule has 42 heavy (non-hydrogen) atoms. The lowest BCUT2D eigenvalue weighted by Crippen LogP contribution is -2.36. The number of rotatable bonds is 9. The van der Waals surface area contributed by atoms with Crippen LogP contribution in [0.25, 0.3) is 10.2 Å². The molecule has 0 aliphatic rings. The SMILES string of the molecule is Cc1ccc(/C=N/N(C(=O)c2ccc(S(=O)(=O)N(Cc3ccccc3)C(C)C)cc2)c2nc3ccc(Br)cc3s2)cc1. The van der Waals surface area contributed by atoms with Gasteiger partial charge in [-0.15, -0.1) is 0 Å². The van der Waals surface area contributed by atoms with Crippen LogP contribution in [-0.4, -0.2) is 35.9 Å². The number of benzene rings is 4. The van der Waals surface area contributed by atoms with E-state index < -0.39 is 15.9 Å². The molecule has 4 aromatic carbocycles. The fourth-order valence-electron chi connectivity index (χ4n) is 4.28. The summed E-state index contributed by atoms with van der Waals surface area (Å²) < 4.78 is 30.5. The molecule has 5 aromatic rings. The van der Waals surface area contributed by atoms with E-state index in [1.807, 2.05) is 93.6 Å². The van der Waals surface area contributed by atoms with Gasteiger partial charge >= 0.3 is 0 Å². The van der Waals surface area contributed by atoms with Crippen molar-refractivity contribution in [1.82, 2.24) is 9.29 Å². The molecule has 0 radical (unpaired) electrons. The second kappa shape index (κ2) is 12.7. The minimum Gasteiger partial charge on any atom is -0.267 e. The van der Waals surface area contributed by atoms with Gasteiger partial charge in [0.1, 0.15) is 0 Å². The Hall–Kier alpha value is -3.70. The molecule has 0 aliphatic carbocycles. The molecule has 214 valence electrons. The van der Waals surface area contributed by atoms with Gasteiger partial charge in [-0.25, -0.2) is 13.4 Å². The third-order valence-electron chi connectivity index (χ3n) is 6.58. The van der Waals surface area contributed by atoms with E-state index in [0.29, 0.717) is 5.13 Å². The predicted octanol–water partition coefficient (Wildman–Crippen LogP) is 7.65. The van der Waals surface area contributed by atoms with Gasteiger partial charge in [-0.1, -0.05) is 87.4 Å². The smallest absolute Gasteiger partial charge is 0.267 e. The quantitative estimate of drug-likeness (QED) is 0.120. The monoisotopic (exact) mass is 660 g/mol. The van der Waals surface area contributed by atoms with Gasteiger partial charge in [0, 0.05) is 22.6 Å². The first-order chi connectivity index (χ1) is 20.1. The maximum Gasteiger partial charge on any atom is 0.280 e. The molecular formula is C32H29BrN4O3S2. The summed E-state index contributed by atoms with van der Waals surface area (Å²) in [7, 11) is -3.82. The number of aromatic nitrogens is 1. The van der Waals surface area contributed by atoms with Gasteiger partial charge in [-0.05, 0) is 74.4 Å². The first-order valence-corrected chi connectivity index (χ1v) is 16.3. The second-order valence-corrected chi connectivity index (χ2v) is 13.9. The fourth-order valence-corrected chi connectivity index (χ4v) is 7.38. The Morgan fingerprint density at radius 2 is 1.67 bits per heavy atom. The third-order valence-corrected chi connectivity index (χ3v) is 10.1. The molecule has 0 aliphatic heterocycles. The molecule has 0 atom stereocenters. The standard InChI is InChI=1S/C32H29BrN4O3S2/c1-22(2)36(21-25-7-5-4-6-8-25)42(39,40)28-16-13-26(14-17-28)31(38)37(34-20-24-11-9-23(3)10-12-24)32-35-29-18-15-27(33)19-30(29)41-32/h4-20,22H,21H2,1-3H3/b34-20+. The Morgan fingerprint density at radius 3 is 2.33 bits per heavy atom. The molecule has 1 heterocycles. The number of carbonyl (C=O) groups is 1. The zero-order valence-corrected chi connectivity index (χ0v) is 26.5. The Morgan fingerprint density at radius 1 is 0.976 bits per heavy atom. The Labute approximate surface area is 258 Å². The van der Waals surface area contributed by atoms with Gasteiger partial charge in [0.25, 0.3) is 5.91 Å². The average molecular weight is 662 g/mol. The first-order valence-electron chi connectivity index (χ1n) is 13.3. The van der Waals surface area contributed by atoms with Crippen LogP contribution in [0.1, 0.15) is 40.9 Å². The number of halogens is 1. The van der Waals surface area contributed by atoms with Crippen molar-refractivity contribution in [3.63, 3.8) is 0 Å². The van der Waals surface area contributed by atoms with Crippen molar-refractivity contribution < 1.29 is 13.2 Å². The normalized spacial score (nSPS) is 12.0. The molecule has 10 heteroatoms. The lowest BCUT2D eigenvalue weighted by molar-refractivity contribution is 0.0987. The van der Waals surface area contributed by atoms with Crippen molar-refractivity contribution in [3.05, 3.63) is 124 Å². The number of hydrazone groups is 1. The summed E-state index contributed by atoms with van der Waals surface area (Å²) in [6, 6.07) is 28.7.